The van der Waals surface area contributed by atoms with Crippen molar-refractivity contribution in [2.45, 2.75) is 32.7 Å². The summed E-state index contributed by atoms with van der Waals surface area (Å²) in [5.41, 5.74) is 1.52. The summed E-state index contributed by atoms with van der Waals surface area (Å²) in [6.07, 6.45) is 5.52. The lowest BCUT2D eigenvalue weighted by Crippen LogP contribution is -2.44. The number of aromatic nitrogens is 1. The molecule has 1 fully saturated rings. The first-order valence-corrected chi connectivity index (χ1v) is 6.56. The number of piperidine rings is 1. The van der Waals surface area contributed by atoms with Crippen LogP contribution in [0, 0.1) is 5.92 Å². The van der Waals surface area contributed by atoms with E-state index >= 15 is 0 Å². The van der Waals surface area contributed by atoms with Gasteiger partial charge in [-0.2, -0.15) is 0 Å². The minimum absolute atomic E-state index is 0.0897. The Morgan fingerprint density at radius 3 is 2.94 bits per heavy atom. The molecule has 0 spiro atoms. The highest BCUT2D eigenvalue weighted by molar-refractivity contribution is 5.99. The maximum atomic E-state index is 12.5. The first-order chi connectivity index (χ1) is 8.63. The number of carbonyl (C=O) groups is 1. The molecule has 0 aliphatic carbocycles. The Morgan fingerprint density at radius 2 is 2.28 bits per heavy atom. The lowest BCUT2D eigenvalue weighted by atomic mass is 9.93. The van der Waals surface area contributed by atoms with Crippen molar-refractivity contribution in [1.82, 2.24) is 9.88 Å². The van der Waals surface area contributed by atoms with Crippen molar-refractivity contribution in [3.63, 3.8) is 0 Å². The number of nitrogens with one attached hydrogen (secondary N) is 1. The van der Waals surface area contributed by atoms with Crippen LogP contribution in [-0.2, 0) is 0 Å². The molecule has 1 aromatic rings. The van der Waals surface area contributed by atoms with Gasteiger partial charge in [0.1, 0.15) is 0 Å². The van der Waals surface area contributed by atoms with Gasteiger partial charge in [0.05, 0.1) is 5.56 Å². The van der Waals surface area contributed by atoms with Crippen LogP contribution in [0.5, 0.6) is 0 Å². The van der Waals surface area contributed by atoms with E-state index in [-0.39, 0.29) is 5.91 Å². The molecule has 0 radical (unpaired) electrons. The first-order valence-electron chi connectivity index (χ1n) is 6.56. The molecule has 1 saturated heterocycles. The molecule has 2 rings (SSSR count). The Hall–Kier alpha value is -1.58. The number of carbonyl (C=O) groups excluding carboxylic acids is 1. The number of hydrogen-bond acceptors (Lipinski definition) is 3. The van der Waals surface area contributed by atoms with E-state index in [1.165, 1.54) is 0 Å². The third-order valence-corrected chi connectivity index (χ3v) is 3.72. The molecule has 4 heteroatoms. The van der Waals surface area contributed by atoms with Crippen LogP contribution in [0.15, 0.2) is 18.5 Å². The van der Waals surface area contributed by atoms with E-state index in [1.54, 1.807) is 12.4 Å². The van der Waals surface area contributed by atoms with E-state index in [2.05, 4.69) is 24.1 Å². The van der Waals surface area contributed by atoms with Crippen molar-refractivity contribution in [3.05, 3.63) is 24.0 Å². The normalized spacial score (nSPS) is 23.8. The minimum Gasteiger partial charge on any atom is -0.387 e. The number of anilines is 1. The third-order valence-electron chi connectivity index (χ3n) is 3.72. The van der Waals surface area contributed by atoms with Crippen LogP contribution in [0.3, 0.4) is 0 Å². The third kappa shape index (κ3) is 2.47. The lowest BCUT2D eigenvalue weighted by Gasteiger charge is -2.36. The highest BCUT2D eigenvalue weighted by Gasteiger charge is 2.28. The van der Waals surface area contributed by atoms with Gasteiger partial charge in [0, 0.05) is 37.7 Å². The molecule has 0 saturated carbocycles. The molecular formula is C14H21N3O. The van der Waals surface area contributed by atoms with Crippen molar-refractivity contribution in [2.75, 3.05) is 18.9 Å². The highest BCUT2D eigenvalue weighted by Crippen LogP contribution is 2.25. The lowest BCUT2D eigenvalue weighted by molar-refractivity contribution is 0.0589. The number of pyridine rings is 1. The topological polar surface area (TPSA) is 45.2 Å². The van der Waals surface area contributed by atoms with Gasteiger partial charge < -0.3 is 10.2 Å². The second-order valence-corrected chi connectivity index (χ2v) is 5.15. The smallest absolute Gasteiger partial charge is 0.257 e. The van der Waals surface area contributed by atoms with Crippen molar-refractivity contribution in [1.29, 1.82) is 0 Å². The molecule has 1 aliphatic rings. The number of nitrogens with zero attached hydrogens (tertiary/aromatic N) is 2. The first kappa shape index (κ1) is 12.9. The molecule has 4 nitrogen and oxygen atoms in total. The summed E-state index contributed by atoms with van der Waals surface area (Å²) in [4.78, 5) is 18.6. The quantitative estimate of drug-likeness (QED) is 0.872. The predicted molar refractivity (Wildman–Crippen MR) is 72.7 cm³/mol. The molecular weight excluding hydrogens is 226 g/mol. The van der Waals surface area contributed by atoms with Crippen LogP contribution >= 0.6 is 0 Å². The Balaban J connectivity index is 2.20. The minimum atomic E-state index is 0.0897. The van der Waals surface area contributed by atoms with Crippen LogP contribution < -0.4 is 5.32 Å². The standard InChI is InChI=1S/C14H21N3O/c1-10-5-7-17(11(2)8-10)14(18)12-9-16-6-4-13(12)15-3/h4,6,9-11H,5,7-8H2,1-3H3,(H,15,16). The maximum absolute atomic E-state index is 12.5. The fourth-order valence-corrected chi connectivity index (χ4v) is 2.65. The van der Waals surface area contributed by atoms with Gasteiger partial charge >= 0.3 is 0 Å². The summed E-state index contributed by atoms with van der Waals surface area (Å²) in [6.45, 7) is 5.23. The number of amides is 1. The largest absolute Gasteiger partial charge is 0.387 e. The summed E-state index contributed by atoms with van der Waals surface area (Å²) in [6, 6.07) is 2.15. The molecule has 2 atom stereocenters. The number of hydrogen-bond donors (Lipinski definition) is 1. The maximum Gasteiger partial charge on any atom is 0.257 e. The fourth-order valence-electron chi connectivity index (χ4n) is 2.65. The average Bonchev–Trinajstić information content (AvgIpc) is 2.38. The van der Waals surface area contributed by atoms with Gasteiger partial charge in [-0.05, 0) is 31.7 Å². The zero-order valence-electron chi connectivity index (χ0n) is 11.3. The monoisotopic (exact) mass is 247 g/mol. The number of likely N-dealkylation sites (tertiary alicyclic amines) is 1. The second-order valence-electron chi connectivity index (χ2n) is 5.15. The summed E-state index contributed by atoms with van der Waals surface area (Å²) in [5, 5.41) is 3.05. The van der Waals surface area contributed by atoms with Gasteiger partial charge in [-0.3, -0.25) is 9.78 Å². The SMILES string of the molecule is CNc1ccncc1C(=O)N1CCC(C)CC1C. The van der Waals surface area contributed by atoms with Gasteiger partial charge in [-0.25, -0.2) is 0 Å². The summed E-state index contributed by atoms with van der Waals surface area (Å²) in [5.74, 6) is 0.800. The fraction of sp³-hybridized carbons (Fsp3) is 0.571. The van der Waals surface area contributed by atoms with E-state index in [4.69, 9.17) is 0 Å². The van der Waals surface area contributed by atoms with Crippen LogP contribution in [0.2, 0.25) is 0 Å². The van der Waals surface area contributed by atoms with Gasteiger partial charge in [0.15, 0.2) is 0 Å². The molecule has 2 heterocycles. The van der Waals surface area contributed by atoms with Crippen LogP contribution in [-0.4, -0.2) is 35.4 Å². The van der Waals surface area contributed by atoms with Crippen molar-refractivity contribution in [3.8, 4) is 0 Å². The zero-order chi connectivity index (χ0) is 13.1. The van der Waals surface area contributed by atoms with Crippen LogP contribution in [0.1, 0.15) is 37.0 Å². The molecule has 1 N–H and O–H groups in total. The van der Waals surface area contributed by atoms with Crippen LogP contribution in [0.4, 0.5) is 5.69 Å². The van der Waals surface area contributed by atoms with Gasteiger partial charge in [-0.15, -0.1) is 0 Å². The van der Waals surface area contributed by atoms with Gasteiger partial charge in [-0.1, -0.05) is 6.92 Å². The van der Waals surface area contributed by atoms with Crippen LogP contribution in [0.25, 0.3) is 0 Å². The molecule has 2 unspecified atom stereocenters. The average molecular weight is 247 g/mol. The van der Waals surface area contributed by atoms with E-state index in [0.29, 0.717) is 17.5 Å². The van der Waals surface area contributed by atoms with Gasteiger partial charge in [0.25, 0.3) is 5.91 Å². The van der Waals surface area contributed by atoms with E-state index in [1.807, 2.05) is 18.0 Å². The molecule has 1 amide bonds. The Bertz CT molecular complexity index is 433. The van der Waals surface area contributed by atoms with E-state index < -0.39 is 0 Å². The Labute approximate surface area is 108 Å². The Kier molecular flexibility index (Phi) is 3.84. The molecule has 18 heavy (non-hydrogen) atoms. The molecule has 1 aliphatic heterocycles. The van der Waals surface area contributed by atoms with Crippen molar-refractivity contribution >= 4 is 11.6 Å². The molecule has 0 aromatic carbocycles. The molecule has 1 aromatic heterocycles. The number of rotatable bonds is 2. The summed E-state index contributed by atoms with van der Waals surface area (Å²) >= 11 is 0. The second kappa shape index (κ2) is 5.38. The van der Waals surface area contributed by atoms with Gasteiger partial charge in [0.2, 0.25) is 0 Å². The highest BCUT2D eigenvalue weighted by atomic mass is 16.2. The zero-order valence-corrected chi connectivity index (χ0v) is 11.3. The molecule has 98 valence electrons. The summed E-state index contributed by atoms with van der Waals surface area (Å²) in [7, 11) is 1.83. The van der Waals surface area contributed by atoms with Crippen molar-refractivity contribution < 1.29 is 4.79 Å². The Morgan fingerprint density at radius 1 is 1.50 bits per heavy atom. The molecule has 0 bridgehead atoms. The summed E-state index contributed by atoms with van der Waals surface area (Å²) < 4.78 is 0. The van der Waals surface area contributed by atoms with E-state index in [0.717, 1.165) is 25.1 Å². The van der Waals surface area contributed by atoms with Crippen molar-refractivity contribution in [2.24, 2.45) is 5.92 Å². The predicted octanol–water partition coefficient (Wildman–Crippen LogP) is 2.38. The van der Waals surface area contributed by atoms with E-state index in [9.17, 15) is 4.79 Å².